The monoisotopic (exact) mass is 355 g/mol. The number of alkyl halides is 2. The summed E-state index contributed by atoms with van der Waals surface area (Å²) in [6.07, 6.45) is 2.08. The van der Waals surface area contributed by atoms with Crippen LogP contribution in [0.15, 0.2) is 36.7 Å². The molecule has 0 aliphatic rings. The summed E-state index contributed by atoms with van der Waals surface area (Å²) in [5.41, 5.74) is 3.03. The topological polar surface area (TPSA) is 26.0 Å². The molecule has 2 aromatic heterocycles. The number of nitrogens with zero attached hydrogens (tertiary/aromatic N) is 2. The summed E-state index contributed by atoms with van der Waals surface area (Å²) < 4.78 is 25.5. The van der Waals surface area contributed by atoms with Crippen molar-refractivity contribution in [2.75, 3.05) is 7.11 Å². The molecule has 2 aromatic rings. The van der Waals surface area contributed by atoms with Crippen LogP contribution >= 0.6 is 0 Å². The Morgan fingerprint density at radius 3 is 1.92 bits per heavy atom. The standard InChI is InChI=1S/C8H12NO.C7H7F2N.C3H8.C2H6/c1-7-4-5-9(10-3)8(2)6-7;1-5-2-3-10-6(4-5)7(8)9;1-3-2;1-2/h4-6H,1-3H3;2-4,7H,1H3;3H2,1-2H3;1-2H3/q+1;;;. The van der Waals surface area contributed by atoms with Crippen LogP contribution in [0.25, 0.3) is 0 Å². The van der Waals surface area contributed by atoms with E-state index in [0.717, 1.165) is 11.3 Å². The van der Waals surface area contributed by atoms with Gasteiger partial charge < -0.3 is 0 Å². The number of halogens is 2. The summed E-state index contributed by atoms with van der Waals surface area (Å²) in [5.74, 6) is 0. The van der Waals surface area contributed by atoms with Crippen molar-refractivity contribution in [1.82, 2.24) is 4.98 Å². The van der Waals surface area contributed by atoms with Crippen molar-refractivity contribution in [1.29, 1.82) is 0 Å². The molecule has 0 saturated carbocycles. The molecular formula is C20H33F2N2O+. The summed E-state index contributed by atoms with van der Waals surface area (Å²) in [6, 6.07) is 7.15. The van der Waals surface area contributed by atoms with Crippen molar-refractivity contribution >= 4 is 0 Å². The minimum absolute atomic E-state index is 0.153. The molecule has 0 aromatic carbocycles. The van der Waals surface area contributed by atoms with Crippen molar-refractivity contribution in [2.45, 2.75) is 61.3 Å². The molecule has 2 rings (SSSR count). The van der Waals surface area contributed by atoms with E-state index in [1.54, 1.807) is 24.8 Å². The van der Waals surface area contributed by atoms with Gasteiger partial charge in [0, 0.05) is 30.0 Å². The highest BCUT2D eigenvalue weighted by molar-refractivity contribution is 5.14. The van der Waals surface area contributed by atoms with Gasteiger partial charge in [0.25, 0.3) is 6.43 Å². The molecule has 0 fully saturated rings. The highest BCUT2D eigenvalue weighted by atomic mass is 19.3. The second-order valence-corrected chi connectivity index (χ2v) is 5.12. The van der Waals surface area contributed by atoms with E-state index in [4.69, 9.17) is 4.84 Å². The maximum absolute atomic E-state index is 11.9. The van der Waals surface area contributed by atoms with Gasteiger partial charge in [-0.05, 0) is 37.1 Å². The van der Waals surface area contributed by atoms with Crippen LogP contribution in [0.3, 0.4) is 0 Å². The van der Waals surface area contributed by atoms with Gasteiger partial charge in [0.15, 0.2) is 0 Å². The maximum atomic E-state index is 11.9. The molecule has 0 bridgehead atoms. The minimum atomic E-state index is -2.46. The predicted octanol–water partition coefficient (Wildman–Crippen LogP) is 5.42. The zero-order valence-corrected chi connectivity index (χ0v) is 16.8. The van der Waals surface area contributed by atoms with Gasteiger partial charge in [0.05, 0.1) is 0 Å². The summed E-state index contributed by atoms with van der Waals surface area (Å²) in [7, 11) is 1.66. The number of rotatable bonds is 2. The number of aryl methyl sites for hydroxylation is 3. The molecule has 0 amide bonds. The SMILES string of the molecule is CC.CCC.CO[n+]1ccc(C)cc1C.Cc1ccnc(C(F)F)c1. The molecular weight excluding hydrogens is 322 g/mol. The quantitative estimate of drug-likeness (QED) is 0.672. The van der Waals surface area contributed by atoms with Crippen LogP contribution in [-0.2, 0) is 0 Å². The normalized spacial score (nSPS) is 8.92. The van der Waals surface area contributed by atoms with E-state index >= 15 is 0 Å². The zero-order chi connectivity index (χ0) is 19.8. The Labute approximate surface area is 151 Å². The van der Waals surface area contributed by atoms with Crippen LogP contribution < -0.4 is 9.57 Å². The van der Waals surface area contributed by atoms with Gasteiger partial charge in [0.2, 0.25) is 11.9 Å². The van der Waals surface area contributed by atoms with Gasteiger partial charge in [-0.2, -0.15) is 0 Å². The highest BCUT2D eigenvalue weighted by Crippen LogP contribution is 2.15. The Morgan fingerprint density at radius 2 is 1.56 bits per heavy atom. The minimum Gasteiger partial charge on any atom is -0.274 e. The largest absolute Gasteiger partial charge is 0.280 e. The van der Waals surface area contributed by atoms with E-state index in [1.165, 1.54) is 24.2 Å². The van der Waals surface area contributed by atoms with Crippen LogP contribution in [0, 0.1) is 20.8 Å². The molecule has 142 valence electrons. The Balaban J connectivity index is 0. The zero-order valence-electron chi connectivity index (χ0n) is 16.8. The molecule has 2 heterocycles. The van der Waals surface area contributed by atoms with Crippen molar-refractivity contribution < 1.29 is 18.3 Å². The average Bonchev–Trinajstić information content (AvgIpc) is 2.58. The van der Waals surface area contributed by atoms with Crippen LogP contribution in [0.4, 0.5) is 8.78 Å². The van der Waals surface area contributed by atoms with Crippen LogP contribution in [0.2, 0.25) is 0 Å². The van der Waals surface area contributed by atoms with Crippen LogP contribution in [0.5, 0.6) is 0 Å². The molecule has 0 saturated heterocycles. The predicted molar refractivity (Wildman–Crippen MR) is 99.9 cm³/mol. The van der Waals surface area contributed by atoms with Gasteiger partial charge in [-0.1, -0.05) is 34.1 Å². The first-order chi connectivity index (χ1) is 11.8. The fraction of sp³-hybridized carbons (Fsp3) is 0.500. The van der Waals surface area contributed by atoms with E-state index in [1.807, 2.05) is 33.0 Å². The summed E-state index contributed by atoms with van der Waals surface area (Å²) in [6.45, 7) is 14.1. The fourth-order valence-electron chi connectivity index (χ4n) is 1.63. The molecule has 0 atom stereocenters. The molecule has 3 nitrogen and oxygen atoms in total. The van der Waals surface area contributed by atoms with E-state index in [-0.39, 0.29) is 5.69 Å². The Kier molecular flexibility index (Phi) is 15.6. The van der Waals surface area contributed by atoms with E-state index in [0.29, 0.717) is 0 Å². The third-order valence-corrected chi connectivity index (χ3v) is 2.61. The number of pyridine rings is 2. The molecule has 5 heteroatoms. The lowest BCUT2D eigenvalue weighted by Crippen LogP contribution is -2.42. The first kappa shape index (κ1) is 25.2. The maximum Gasteiger partial charge on any atom is 0.280 e. The van der Waals surface area contributed by atoms with Crippen LogP contribution in [0.1, 0.15) is 63.1 Å². The van der Waals surface area contributed by atoms with Crippen molar-refractivity contribution in [3.05, 3.63) is 59.2 Å². The second kappa shape index (κ2) is 15.5. The third-order valence-electron chi connectivity index (χ3n) is 2.61. The molecule has 0 N–H and O–H groups in total. The number of aromatic nitrogens is 2. The Bertz CT molecular complexity index is 575. The van der Waals surface area contributed by atoms with Crippen LogP contribution in [-0.4, -0.2) is 12.1 Å². The van der Waals surface area contributed by atoms with Gasteiger partial charge in [0.1, 0.15) is 12.8 Å². The average molecular weight is 355 g/mol. The van der Waals surface area contributed by atoms with E-state index < -0.39 is 6.43 Å². The van der Waals surface area contributed by atoms with Crippen molar-refractivity contribution in [2.24, 2.45) is 0 Å². The molecule has 0 spiro atoms. The van der Waals surface area contributed by atoms with Crippen molar-refractivity contribution in [3.8, 4) is 0 Å². The molecule has 0 aliphatic carbocycles. The lowest BCUT2D eigenvalue weighted by Gasteiger charge is -1.97. The Morgan fingerprint density at radius 1 is 1.04 bits per heavy atom. The van der Waals surface area contributed by atoms with Gasteiger partial charge >= 0.3 is 0 Å². The first-order valence-electron chi connectivity index (χ1n) is 8.59. The Hall–Kier alpha value is -2.04. The van der Waals surface area contributed by atoms with Gasteiger partial charge in [-0.15, -0.1) is 0 Å². The van der Waals surface area contributed by atoms with Crippen molar-refractivity contribution in [3.63, 3.8) is 0 Å². The summed E-state index contributed by atoms with van der Waals surface area (Å²) in [5, 5.41) is 0. The summed E-state index contributed by atoms with van der Waals surface area (Å²) >= 11 is 0. The smallest absolute Gasteiger partial charge is 0.274 e. The highest BCUT2D eigenvalue weighted by Gasteiger charge is 2.06. The fourth-order valence-corrected chi connectivity index (χ4v) is 1.63. The lowest BCUT2D eigenvalue weighted by atomic mass is 10.2. The van der Waals surface area contributed by atoms with E-state index in [9.17, 15) is 8.78 Å². The second-order valence-electron chi connectivity index (χ2n) is 5.12. The molecule has 0 aliphatic heterocycles. The molecule has 25 heavy (non-hydrogen) atoms. The summed E-state index contributed by atoms with van der Waals surface area (Å²) in [4.78, 5) is 8.51. The molecule has 0 radical (unpaired) electrons. The van der Waals surface area contributed by atoms with Gasteiger partial charge in [-0.3, -0.25) is 9.82 Å². The third kappa shape index (κ3) is 12.0. The first-order valence-corrected chi connectivity index (χ1v) is 8.59. The van der Waals surface area contributed by atoms with E-state index in [2.05, 4.69) is 31.8 Å². The lowest BCUT2D eigenvalue weighted by molar-refractivity contribution is -0.889. The molecule has 0 unspecified atom stereocenters. The number of hydrogen-bond donors (Lipinski definition) is 0. The number of hydrogen-bond acceptors (Lipinski definition) is 2. The van der Waals surface area contributed by atoms with Gasteiger partial charge in [-0.25, -0.2) is 8.78 Å².